The van der Waals surface area contributed by atoms with E-state index in [0.29, 0.717) is 31.7 Å². The number of aromatic nitrogens is 2. The number of nitrogens with one attached hydrogen (secondary N) is 3. The Kier molecular flexibility index (Phi) is 6.05. The maximum Gasteiger partial charge on any atom is 0.272 e. The second-order valence-corrected chi connectivity index (χ2v) is 7.29. The van der Waals surface area contributed by atoms with E-state index in [1.165, 1.54) is 5.56 Å². The fraction of sp³-hybridized carbons (Fsp3) is 0.500. The van der Waals surface area contributed by atoms with E-state index < -0.39 is 0 Å². The first-order valence-electron chi connectivity index (χ1n) is 8.98. The largest absolute Gasteiger partial charge is 0.355 e. The van der Waals surface area contributed by atoms with Crippen LogP contribution in [0.15, 0.2) is 22.9 Å². The molecule has 0 unspecified atom stereocenters. The molecule has 26 heavy (non-hydrogen) atoms. The number of hydrogen-bond donors (Lipinski definition) is 3. The van der Waals surface area contributed by atoms with Crippen LogP contribution < -0.4 is 10.6 Å². The molecule has 0 bridgehead atoms. The van der Waals surface area contributed by atoms with E-state index in [1.807, 2.05) is 19.2 Å². The molecule has 2 aromatic rings. The van der Waals surface area contributed by atoms with Crippen molar-refractivity contribution < 1.29 is 9.59 Å². The minimum atomic E-state index is -0.231. The summed E-state index contributed by atoms with van der Waals surface area (Å²) in [5, 5.41) is 17.0. The Morgan fingerprint density at radius 1 is 1.42 bits per heavy atom. The number of likely N-dealkylation sites (N-methyl/N-ethyl adjacent to an activating group) is 1. The van der Waals surface area contributed by atoms with Crippen molar-refractivity contribution in [3.8, 4) is 0 Å². The molecule has 1 saturated heterocycles. The summed E-state index contributed by atoms with van der Waals surface area (Å²) in [6, 6.07) is 3.54. The second-order valence-electron chi connectivity index (χ2n) is 6.51. The van der Waals surface area contributed by atoms with E-state index in [9.17, 15) is 9.59 Å². The van der Waals surface area contributed by atoms with Gasteiger partial charge in [0.2, 0.25) is 5.91 Å². The van der Waals surface area contributed by atoms with E-state index in [1.54, 1.807) is 17.4 Å². The maximum atomic E-state index is 12.4. The van der Waals surface area contributed by atoms with Crippen LogP contribution in [0.4, 0.5) is 0 Å². The molecule has 1 aliphatic heterocycles. The van der Waals surface area contributed by atoms with E-state index in [0.717, 1.165) is 12.1 Å². The number of amides is 2. The molecule has 0 aromatic carbocycles. The molecule has 8 heteroatoms. The summed E-state index contributed by atoms with van der Waals surface area (Å²) < 4.78 is 0. The highest BCUT2D eigenvalue weighted by Crippen LogP contribution is 2.22. The second kappa shape index (κ2) is 8.46. The fourth-order valence-electron chi connectivity index (χ4n) is 3.28. The summed E-state index contributed by atoms with van der Waals surface area (Å²) in [7, 11) is 0. The molecular formula is C18H25N5O2S. The smallest absolute Gasteiger partial charge is 0.272 e. The number of hydrogen-bond acceptors (Lipinski definition) is 5. The number of aryl methyl sites for hydroxylation is 1. The van der Waals surface area contributed by atoms with Crippen molar-refractivity contribution in [1.29, 1.82) is 0 Å². The van der Waals surface area contributed by atoms with Crippen molar-refractivity contribution >= 4 is 23.2 Å². The van der Waals surface area contributed by atoms with Crippen LogP contribution in [0.5, 0.6) is 0 Å². The average Bonchev–Trinajstić information content (AvgIpc) is 3.35. The van der Waals surface area contributed by atoms with Crippen molar-refractivity contribution in [2.45, 2.75) is 45.3 Å². The number of rotatable bonds is 7. The molecule has 1 fully saturated rings. The van der Waals surface area contributed by atoms with Crippen LogP contribution in [0.1, 0.15) is 42.0 Å². The molecule has 2 amide bonds. The van der Waals surface area contributed by atoms with Crippen molar-refractivity contribution in [2.24, 2.45) is 0 Å². The molecule has 0 saturated carbocycles. The minimum absolute atomic E-state index is 0.0208. The topological polar surface area (TPSA) is 90.1 Å². The summed E-state index contributed by atoms with van der Waals surface area (Å²) in [4.78, 5) is 27.0. The van der Waals surface area contributed by atoms with Gasteiger partial charge in [-0.2, -0.15) is 16.4 Å². The lowest BCUT2D eigenvalue weighted by molar-refractivity contribution is -0.125. The Morgan fingerprint density at radius 3 is 2.92 bits per heavy atom. The number of H-pyrrole nitrogens is 1. The van der Waals surface area contributed by atoms with E-state index >= 15 is 0 Å². The Morgan fingerprint density at radius 2 is 2.27 bits per heavy atom. The highest BCUT2D eigenvalue weighted by atomic mass is 32.1. The molecule has 0 aliphatic carbocycles. The average molecular weight is 375 g/mol. The zero-order chi connectivity index (χ0) is 18.5. The zero-order valence-electron chi connectivity index (χ0n) is 15.1. The third-order valence-electron chi connectivity index (χ3n) is 4.60. The monoisotopic (exact) mass is 375 g/mol. The molecule has 7 nitrogen and oxygen atoms in total. The zero-order valence-corrected chi connectivity index (χ0v) is 15.9. The van der Waals surface area contributed by atoms with Gasteiger partial charge in [0.05, 0.1) is 6.04 Å². The Hall–Kier alpha value is -2.19. The van der Waals surface area contributed by atoms with Gasteiger partial charge in [-0.15, -0.1) is 0 Å². The van der Waals surface area contributed by atoms with Crippen molar-refractivity contribution in [3.63, 3.8) is 0 Å². The third-order valence-corrected chi connectivity index (χ3v) is 5.33. The van der Waals surface area contributed by atoms with E-state index in [2.05, 4.69) is 37.2 Å². The molecular weight excluding hydrogens is 350 g/mol. The third kappa shape index (κ3) is 4.31. The van der Waals surface area contributed by atoms with Gasteiger partial charge in [0, 0.05) is 31.4 Å². The van der Waals surface area contributed by atoms with Crippen molar-refractivity contribution in [3.05, 3.63) is 39.8 Å². The lowest BCUT2D eigenvalue weighted by Gasteiger charge is -2.22. The number of thiophene rings is 1. The SMILES string of the molecule is CCNC(=O)[C@@H]1C[C@H](NC(=O)c2cc(CC)[nH]n2)CN1Cc1ccsc1. The van der Waals surface area contributed by atoms with Crippen LogP contribution in [0.3, 0.4) is 0 Å². The number of nitrogens with zero attached hydrogens (tertiary/aromatic N) is 2. The van der Waals surface area contributed by atoms with Crippen molar-refractivity contribution in [2.75, 3.05) is 13.1 Å². The van der Waals surface area contributed by atoms with E-state index in [4.69, 9.17) is 0 Å². The van der Waals surface area contributed by atoms with Gasteiger partial charge in [-0.25, -0.2) is 0 Å². The van der Waals surface area contributed by atoms with Crippen LogP contribution in [-0.2, 0) is 17.8 Å². The Labute approximate surface area is 157 Å². The molecule has 2 aromatic heterocycles. The standard InChI is InChI=1S/C18H25N5O2S/c1-3-13-7-15(22-21-13)17(24)20-14-8-16(18(25)19-4-2)23(10-14)9-12-5-6-26-11-12/h5-7,11,14,16H,3-4,8-10H2,1-2H3,(H,19,25)(H,20,24)(H,21,22)/t14-,16-/m0/s1. The van der Waals surface area contributed by atoms with Gasteiger partial charge in [0.1, 0.15) is 5.69 Å². The highest BCUT2D eigenvalue weighted by molar-refractivity contribution is 7.07. The number of carbonyl (C=O) groups is 2. The van der Waals surface area contributed by atoms with Crippen molar-refractivity contribution in [1.82, 2.24) is 25.7 Å². The predicted octanol–water partition coefficient (Wildman–Crippen LogP) is 1.54. The highest BCUT2D eigenvalue weighted by Gasteiger charge is 2.37. The van der Waals surface area contributed by atoms with Gasteiger partial charge in [-0.3, -0.25) is 19.6 Å². The lowest BCUT2D eigenvalue weighted by atomic mass is 10.1. The maximum absolute atomic E-state index is 12.4. The predicted molar refractivity (Wildman–Crippen MR) is 101 cm³/mol. The van der Waals surface area contributed by atoms with E-state index in [-0.39, 0.29) is 23.9 Å². The molecule has 1 aliphatic rings. The van der Waals surface area contributed by atoms with Crippen LogP contribution in [-0.4, -0.2) is 52.1 Å². The first-order valence-corrected chi connectivity index (χ1v) is 9.93. The molecule has 0 spiro atoms. The number of likely N-dealkylation sites (tertiary alicyclic amines) is 1. The van der Waals surface area contributed by atoms with Gasteiger partial charge >= 0.3 is 0 Å². The molecule has 3 N–H and O–H groups in total. The molecule has 3 rings (SSSR count). The quantitative estimate of drug-likeness (QED) is 0.685. The molecule has 0 radical (unpaired) electrons. The molecule has 2 atom stereocenters. The number of aromatic amines is 1. The van der Waals surface area contributed by atoms with Crippen LogP contribution in [0.25, 0.3) is 0 Å². The summed E-state index contributed by atoms with van der Waals surface area (Å²) in [6.07, 6.45) is 1.41. The summed E-state index contributed by atoms with van der Waals surface area (Å²) in [5.74, 6) is -0.175. The van der Waals surface area contributed by atoms with Gasteiger partial charge in [-0.1, -0.05) is 6.92 Å². The summed E-state index contributed by atoms with van der Waals surface area (Å²) in [5.41, 5.74) is 2.52. The van der Waals surface area contributed by atoms with Crippen LogP contribution in [0.2, 0.25) is 0 Å². The first-order chi connectivity index (χ1) is 12.6. The molecule has 3 heterocycles. The van der Waals surface area contributed by atoms with Gasteiger partial charge in [0.15, 0.2) is 0 Å². The molecule has 140 valence electrons. The first kappa shape index (κ1) is 18.6. The minimum Gasteiger partial charge on any atom is -0.355 e. The van der Waals surface area contributed by atoms with Gasteiger partial charge in [0.25, 0.3) is 5.91 Å². The summed E-state index contributed by atoms with van der Waals surface area (Å²) in [6.45, 7) is 5.88. The van der Waals surface area contributed by atoms with Gasteiger partial charge in [-0.05, 0) is 48.2 Å². The Bertz CT molecular complexity index is 743. The fourth-order valence-corrected chi connectivity index (χ4v) is 3.94. The summed E-state index contributed by atoms with van der Waals surface area (Å²) >= 11 is 1.65. The number of carbonyl (C=O) groups excluding carboxylic acids is 2. The lowest BCUT2D eigenvalue weighted by Crippen LogP contribution is -2.42. The normalized spacial score (nSPS) is 20.2. The van der Waals surface area contributed by atoms with Crippen LogP contribution >= 0.6 is 11.3 Å². The van der Waals surface area contributed by atoms with Gasteiger partial charge < -0.3 is 10.6 Å². The Balaban J connectivity index is 1.66. The van der Waals surface area contributed by atoms with Crippen LogP contribution in [0, 0.1) is 0 Å².